The number of para-hydroxylation sites is 1. The molecule has 2 aromatic carbocycles. The van der Waals surface area contributed by atoms with E-state index in [-0.39, 0.29) is 12.3 Å². The number of carbonyl (C=O) groups excluding carboxylic acids is 1. The summed E-state index contributed by atoms with van der Waals surface area (Å²) in [7, 11) is 0. The Morgan fingerprint density at radius 3 is 2.45 bits per heavy atom. The number of benzene rings is 2. The van der Waals surface area contributed by atoms with E-state index in [1.54, 1.807) is 17.7 Å². The molecule has 0 aliphatic carbocycles. The van der Waals surface area contributed by atoms with Crippen molar-refractivity contribution in [3.05, 3.63) is 82.7 Å². The first-order valence-corrected chi connectivity index (χ1v) is 9.24. The molecule has 4 nitrogen and oxygen atoms in total. The summed E-state index contributed by atoms with van der Waals surface area (Å²) in [6, 6.07) is 14.1. The monoisotopic (exact) mass is 401 g/mol. The number of hydrogen-bond donors (Lipinski definition) is 1. The Bertz CT molecular complexity index is 1010. The number of alkyl halides is 3. The van der Waals surface area contributed by atoms with Gasteiger partial charge in [-0.2, -0.15) is 18.3 Å². The SMILES string of the molecule is Cc1nn(-c2ccccc2)c(C)c1CC(=O)NC(C)c1cccc(C(F)(F)F)c1. The minimum Gasteiger partial charge on any atom is -0.349 e. The Hall–Kier alpha value is -3.09. The Morgan fingerprint density at radius 1 is 1.10 bits per heavy atom. The molecule has 1 N–H and O–H groups in total. The predicted octanol–water partition coefficient (Wildman–Crippen LogP) is 4.93. The molecule has 0 saturated heterocycles. The molecule has 0 fully saturated rings. The van der Waals surface area contributed by atoms with Gasteiger partial charge in [-0.3, -0.25) is 4.79 Å². The zero-order valence-corrected chi connectivity index (χ0v) is 16.4. The topological polar surface area (TPSA) is 46.9 Å². The maximum atomic E-state index is 12.9. The van der Waals surface area contributed by atoms with Crippen LogP contribution in [0.25, 0.3) is 5.69 Å². The molecule has 152 valence electrons. The van der Waals surface area contributed by atoms with Gasteiger partial charge in [0.25, 0.3) is 0 Å². The molecule has 0 radical (unpaired) electrons. The van der Waals surface area contributed by atoms with Crippen molar-refractivity contribution in [3.8, 4) is 5.69 Å². The average Bonchev–Trinajstić information content (AvgIpc) is 2.96. The number of amides is 1. The van der Waals surface area contributed by atoms with Gasteiger partial charge < -0.3 is 5.32 Å². The molecule has 0 bridgehead atoms. The van der Waals surface area contributed by atoms with Gasteiger partial charge in [0.2, 0.25) is 5.91 Å². The van der Waals surface area contributed by atoms with Crippen molar-refractivity contribution in [2.24, 2.45) is 0 Å². The van der Waals surface area contributed by atoms with Crippen LogP contribution in [0.5, 0.6) is 0 Å². The Balaban J connectivity index is 1.74. The molecule has 0 spiro atoms. The van der Waals surface area contributed by atoms with Crippen LogP contribution in [-0.4, -0.2) is 15.7 Å². The van der Waals surface area contributed by atoms with Gasteiger partial charge in [0.15, 0.2) is 0 Å². The minimum atomic E-state index is -4.42. The molecule has 0 saturated carbocycles. The van der Waals surface area contributed by atoms with Crippen molar-refractivity contribution in [2.45, 2.75) is 39.4 Å². The summed E-state index contributed by atoms with van der Waals surface area (Å²) in [5, 5.41) is 7.30. The van der Waals surface area contributed by atoms with Crippen LogP contribution in [0.1, 0.15) is 41.0 Å². The fourth-order valence-corrected chi connectivity index (χ4v) is 3.27. The maximum Gasteiger partial charge on any atom is 0.416 e. The molecule has 1 aromatic heterocycles. The molecule has 3 aromatic rings. The quantitative estimate of drug-likeness (QED) is 0.659. The fourth-order valence-electron chi connectivity index (χ4n) is 3.27. The third kappa shape index (κ3) is 4.67. The molecule has 7 heteroatoms. The van der Waals surface area contributed by atoms with Gasteiger partial charge in [-0.1, -0.05) is 30.3 Å². The number of carbonyl (C=O) groups is 1. The molecular weight excluding hydrogens is 379 g/mol. The Morgan fingerprint density at radius 2 is 1.79 bits per heavy atom. The van der Waals surface area contributed by atoms with Crippen molar-refractivity contribution < 1.29 is 18.0 Å². The first-order chi connectivity index (χ1) is 13.7. The lowest BCUT2D eigenvalue weighted by Gasteiger charge is -2.16. The Labute approximate surface area is 167 Å². The van der Waals surface area contributed by atoms with E-state index < -0.39 is 17.8 Å². The van der Waals surface area contributed by atoms with Crippen LogP contribution >= 0.6 is 0 Å². The van der Waals surface area contributed by atoms with Crippen molar-refractivity contribution in [3.63, 3.8) is 0 Å². The molecule has 1 unspecified atom stereocenters. The van der Waals surface area contributed by atoms with Gasteiger partial charge in [-0.05, 0) is 50.6 Å². The molecule has 0 aliphatic heterocycles. The highest BCUT2D eigenvalue weighted by molar-refractivity contribution is 5.79. The highest BCUT2D eigenvalue weighted by Gasteiger charge is 2.30. The lowest BCUT2D eigenvalue weighted by atomic mass is 10.0. The summed E-state index contributed by atoms with van der Waals surface area (Å²) in [5.74, 6) is -0.270. The van der Waals surface area contributed by atoms with Crippen molar-refractivity contribution in [1.29, 1.82) is 0 Å². The van der Waals surface area contributed by atoms with Crippen molar-refractivity contribution in [2.75, 3.05) is 0 Å². The van der Waals surface area contributed by atoms with E-state index in [4.69, 9.17) is 0 Å². The molecule has 29 heavy (non-hydrogen) atoms. The number of aryl methyl sites for hydroxylation is 1. The van der Waals surface area contributed by atoms with Crippen LogP contribution in [0.3, 0.4) is 0 Å². The first kappa shape index (κ1) is 20.6. The van der Waals surface area contributed by atoms with Crippen LogP contribution in [-0.2, 0) is 17.4 Å². The van der Waals surface area contributed by atoms with Crippen LogP contribution in [0, 0.1) is 13.8 Å². The van der Waals surface area contributed by atoms with E-state index in [0.717, 1.165) is 34.8 Å². The van der Waals surface area contributed by atoms with E-state index in [1.807, 2.05) is 44.2 Å². The average molecular weight is 401 g/mol. The summed E-state index contributed by atoms with van der Waals surface area (Å²) in [5.41, 5.74) is 2.98. The maximum absolute atomic E-state index is 12.9. The number of nitrogens with one attached hydrogen (secondary N) is 1. The summed E-state index contributed by atoms with van der Waals surface area (Å²) in [6.07, 6.45) is -4.31. The molecule has 3 rings (SSSR count). The second-order valence-electron chi connectivity index (χ2n) is 6.99. The summed E-state index contributed by atoms with van der Waals surface area (Å²) in [4.78, 5) is 12.6. The fraction of sp³-hybridized carbons (Fsp3) is 0.273. The number of aromatic nitrogens is 2. The standard InChI is InChI=1S/C22H22F3N3O/c1-14(17-8-7-9-18(12-17)22(23,24)25)26-21(29)13-20-15(2)27-28(16(20)3)19-10-5-4-6-11-19/h4-12,14H,13H2,1-3H3,(H,26,29). The minimum absolute atomic E-state index is 0.105. The zero-order chi connectivity index (χ0) is 21.2. The first-order valence-electron chi connectivity index (χ1n) is 9.24. The van der Waals surface area contributed by atoms with E-state index in [0.29, 0.717) is 5.56 Å². The second kappa shape index (κ2) is 8.11. The molecule has 1 heterocycles. The summed E-state index contributed by atoms with van der Waals surface area (Å²) >= 11 is 0. The number of hydrogen-bond acceptors (Lipinski definition) is 2. The highest BCUT2D eigenvalue weighted by Crippen LogP contribution is 2.30. The van der Waals surface area contributed by atoms with Crippen LogP contribution in [0.4, 0.5) is 13.2 Å². The van der Waals surface area contributed by atoms with E-state index in [1.165, 1.54) is 6.07 Å². The second-order valence-corrected chi connectivity index (χ2v) is 6.99. The van der Waals surface area contributed by atoms with Crippen molar-refractivity contribution in [1.82, 2.24) is 15.1 Å². The van der Waals surface area contributed by atoms with Crippen LogP contribution < -0.4 is 5.32 Å². The zero-order valence-electron chi connectivity index (χ0n) is 16.4. The van der Waals surface area contributed by atoms with Gasteiger partial charge in [-0.25, -0.2) is 4.68 Å². The van der Waals surface area contributed by atoms with Gasteiger partial charge >= 0.3 is 6.18 Å². The third-order valence-corrected chi connectivity index (χ3v) is 4.87. The van der Waals surface area contributed by atoms with Crippen LogP contribution in [0.15, 0.2) is 54.6 Å². The number of nitrogens with zero attached hydrogens (tertiary/aromatic N) is 2. The highest BCUT2D eigenvalue weighted by atomic mass is 19.4. The lowest BCUT2D eigenvalue weighted by Crippen LogP contribution is -2.28. The van der Waals surface area contributed by atoms with Crippen LogP contribution in [0.2, 0.25) is 0 Å². The molecule has 0 aliphatic rings. The summed E-state index contributed by atoms with van der Waals surface area (Å²) in [6.45, 7) is 5.40. The van der Waals surface area contributed by atoms with E-state index in [2.05, 4.69) is 10.4 Å². The molecule has 1 atom stereocenters. The van der Waals surface area contributed by atoms with E-state index >= 15 is 0 Å². The summed E-state index contributed by atoms with van der Waals surface area (Å²) < 4.78 is 40.5. The third-order valence-electron chi connectivity index (χ3n) is 4.87. The molecular formula is C22H22F3N3O. The van der Waals surface area contributed by atoms with Gasteiger partial charge in [0.05, 0.1) is 29.4 Å². The smallest absolute Gasteiger partial charge is 0.349 e. The number of rotatable bonds is 5. The lowest BCUT2D eigenvalue weighted by molar-refractivity contribution is -0.137. The number of halogens is 3. The van der Waals surface area contributed by atoms with Gasteiger partial charge in [0.1, 0.15) is 0 Å². The molecule has 1 amide bonds. The Kier molecular flexibility index (Phi) is 5.77. The van der Waals surface area contributed by atoms with Gasteiger partial charge in [-0.15, -0.1) is 0 Å². The van der Waals surface area contributed by atoms with Gasteiger partial charge in [0, 0.05) is 11.3 Å². The predicted molar refractivity (Wildman–Crippen MR) is 105 cm³/mol. The van der Waals surface area contributed by atoms with E-state index in [9.17, 15) is 18.0 Å². The van der Waals surface area contributed by atoms with Crippen molar-refractivity contribution >= 4 is 5.91 Å². The largest absolute Gasteiger partial charge is 0.416 e. The normalized spacial score (nSPS) is 12.6.